The maximum atomic E-state index is 13.6. The number of hydrogen-bond donors (Lipinski definition) is 1. The van der Waals surface area contributed by atoms with Gasteiger partial charge in [-0.2, -0.15) is 0 Å². The smallest absolute Gasteiger partial charge is 0.230 e. The summed E-state index contributed by atoms with van der Waals surface area (Å²) in [4.78, 5) is 12.0. The third-order valence-corrected chi connectivity index (χ3v) is 4.84. The van der Waals surface area contributed by atoms with Gasteiger partial charge in [-0.05, 0) is 36.6 Å². The number of hydrogen-bond acceptors (Lipinski definition) is 4. The fourth-order valence-corrected chi connectivity index (χ4v) is 3.29. The van der Waals surface area contributed by atoms with Crippen molar-refractivity contribution in [2.24, 2.45) is 0 Å². The number of aryl methyl sites for hydroxylation is 1. The summed E-state index contributed by atoms with van der Waals surface area (Å²) < 4.78 is 15.4. The third kappa shape index (κ3) is 4.49. The van der Waals surface area contributed by atoms with Crippen LogP contribution in [0.25, 0.3) is 5.69 Å². The topological polar surface area (TPSA) is 59.8 Å². The van der Waals surface area contributed by atoms with Crippen molar-refractivity contribution in [1.82, 2.24) is 20.1 Å². The van der Waals surface area contributed by atoms with E-state index in [2.05, 4.69) is 15.5 Å². The Kier molecular flexibility index (Phi) is 6.01. The highest BCUT2D eigenvalue weighted by Gasteiger charge is 2.11. The highest BCUT2D eigenvalue weighted by Crippen LogP contribution is 2.21. The molecule has 1 amide bonds. The van der Waals surface area contributed by atoms with Crippen molar-refractivity contribution in [3.63, 3.8) is 0 Å². The average Bonchev–Trinajstić information content (AvgIpc) is 3.10. The first kappa shape index (κ1) is 18.1. The van der Waals surface area contributed by atoms with Gasteiger partial charge in [-0.3, -0.25) is 9.36 Å². The van der Waals surface area contributed by atoms with E-state index in [4.69, 9.17) is 0 Å². The Hall–Kier alpha value is -2.67. The Labute approximate surface area is 155 Å². The zero-order valence-corrected chi connectivity index (χ0v) is 15.2. The summed E-state index contributed by atoms with van der Waals surface area (Å²) in [5.74, 6) is -0.143. The van der Waals surface area contributed by atoms with Crippen LogP contribution >= 0.6 is 11.8 Å². The summed E-state index contributed by atoms with van der Waals surface area (Å²) in [6.45, 7) is 2.41. The fraction of sp³-hybridized carbons (Fsp3) is 0.211. The van der Waals surface area contributed by atoms with E-state index in [9.17, 15) is 9.18 Å². The molecule has 0 aliphatic carbocycles. The van der Waals surface area contributed by atoms with Crippen LogP contribution in [0.4, 0.5) is 4.39 Å². The Balaban J connectivity index is 1.52. The van der Waals surface area contributed by atoms with Crippen molar-refractivity contribution in [3.05, 3.63) is 71.8 Å². The van der Waals surface area contributed by atoms with Crippen molar-refractivity contribution >= 4 is 17.7 Å². The number of carbonyl (C=O) groups excluding carboxylic acids is 1. The molecule has 3 rings (SSSR count). The lowest BCUT2D eigenvalue weighted by Crippen LogP contribution is -2.27. The molecular formula is C19H19FN4OS. The van der Waals surface area contributed by atoms with Crippen LogP contribution in [0.5, 0.6) is 0 Å². The molecule has 7 heteroatoms. The monoisotopic (exact) mass is 370 g/mol. The van der Waals surface area contributed by atoms with Crippen LogP contribution in [0, 0.1) is 12.7 Å². The molecule has 2 aromatic carbocycles. The molecule has 0 atom stereocenters. The van der Waals surface area contributed by atoms with Crippen LogP contribution in [0.2, 0.25) is 0 Å². The van der Waals surface area contributed by atoms with E-state index in [1.807, 2.05) is 35.8 Å². The predicted octanol–water partition coefficient (Wildman–Crippen LogP) is 3.17. The van der Waals surface area contributed by atoms with Gasteiger partial charge in [-0.15, -0.1) is 10.2 Å². The minimum Gasteiger partial charge on any atom is -0.355 e. The fourth-order valence-electron chi connectivity index (χ4n) is 2.54. The molecule has 1 aromatic heterocycles. The van der Waals surface area contributed by atoms with E-state index in [0.29, 0.717) is 23.7 Å². The number of nitrogens with zero attached hydrogens (tertiary/aromatic N) is 3. The zero-order chi connectivity index (χ0) is 18.4. The molecule has 0 bridgehead atoms. The van der Waals surface area contributed by atoms with E-state index < -0.39 is 0 Å². The number of halogens is 1. The summed E-state index contributed by atoms with van der Waals surface area (Å²) >= 11 is 1.32. The van der Waals surface area contributed by atoms with Crippen LogP contribution in [-0.2, 0) is 11.2 Å². The standard InChI is InChI=1S/C19H19FN4OS/c1-14-6-2-5-9-17(14)24-13-22-23-19(24)26-12-18(25)21-11-10-15-7-3-4-8-16(15)20/h2-9,13H,10-12H2,1H3,(H,21,25). The Morgan fingerprint density at radius 1 is 1.19 bits per heavy atom. The second kappa shape index (κ2) is 8.62. The second-order valence-corrected chi connectivity index (χ2v) is 6.69. The number of para-hydroxylation sites is 1. The lowest BCUT2D eigenvalue weighted by molar-refractivity contribution is -0.118. The molecule has 0 saturated heterocycles. The van der Waals surface area contributed by atoms with E-state index >= 15 is 0 Å². The lowest BCUT2D eigenvalue weighted by Gasteiger charge is -2.09. The van der Waals surface area contributed by atoms with Crippen LogP contribution in [-0.4, -0.2) is 33.0 Å². The average molecular weight is 370 g/mol. The Morgan fingerprint density at radius 2 is 1.96 bits per heavy atom. The van der Waals surface area contributed by atoms with Gasteiger partial charge in [-0.25, -0.2) is 4.39 Å². The number of rotatable bonds is 7. The highest BCUT2D eigenvalue weighted by atomic mass is 32.2. The Bertz CT molecular complexity index is 897. The maximum Gasteiger partial charge on any atom is 0.230 e. The van der Waals surface area contributed by atoms with Gasteiger partial charge in [0.1, 0.15) is 12.1 Å². The molecule has 0 aliphatic heterocycles. The van der Waals surface area contributed by atoms with E-state index in [1.54, 1.807) is 24.5 Å². The normalized spacial score (nSPS) is 10.7. The van der Waals surface area contributed by atoms with Crippen LogP contribution in [0.1, 0.15) is 11.1 Å². The molecule has 5 nitrogen and oxygen atoms in total. The number of thioether (sulfide) groups is 1. The summed E-state index contributed by atoms with van der Waals surface area (Å²) in [7, 11) is 0. The van der Waals surface area contributed by atoms with Crippen LogP contribution < -0.4 is 5.32 Å². The van der Waals surface area contributed by atoms with Gasteiger partial charge < -0.3 is 5.32 Å². The molecule has 3 aromatic rings. The molecule has 134 valence electrons. The summed E-state index contributed by atoms with van der Waals surface area (Å²) in [6, 6.07) is 14.5. The number of nitrogens with one attached hydrogen (secondary N) is 1. The van der Waals surface area contributed by atoms with Gasteiger partial charge in [0.15, 0.2) is 5.16 Å². The first-order valence-electron chi connectivity index (χ1n) is 8.24. The number of benzene rings is 2. The zero-order valence-electron chi connectivity index (χ0n) is 14.4. The quantitative estimate of drug-likeness (QED) is 0.649. The van der Waals surface area contributed by atoms with Crippen molar-refractivity contribution in [2.75, 3.05) is 12.3 Å². The van der Waals surface area contributed by atoms with Crippen molar-refractivity contribution in [2.45, 2.75) is 18.5 Å². The van der Waals surface area contributed by atoms with Crippen molar-refractivity contribution in [3.8, 4) is 5.69 Å². The number of amides is 1. The van der Waals surface area contributed by atoms with Crippen molar-refractivity contribution in [1.29, 1.82) is 0 Å². The molecule has 26 heavy (non-hydrogen) atoms. The summed E-state index contributed by atoms with van der Waals surface area (Å²) in [5, 5.41) is 11.5. The van der Waals surface area contributed by atoms with Crippen LogP contribution in [0.3, 0.4) is 0 Å². The molecule has 0 unspecified atom stereocenters. The summed E-state index contributed by atoms with van der Waals surface area (Å²) in [6.07, 6.45) is 2.10. The van der Waals surface area contributed by atoms with Crippen molar-refractivity contribution < 1.29 is 9.18 Å². The molecule has 0 radical (unpaired) electrons. The SMILES string of the molecule is Cc1ccccc1-n1cnnc1SCC(=O)NCCc1ccccc1F. The predicted molar refractivity (Wildman–Crippen MR) is 99.9 cm³/mol. The summed E-state index contributed by atoms with van der Waals surface area (Å²) in [5.41, 5.74) is 2.68. The van der Waals surface area contributed by atoms with Gasteiger partial charge in [0.2, 0.25) is 5.91 Å². The highest BCUT2D eigenvalue weighted by molar-refractivity contribution is 7.99. The molecular weight excluding hydrogens is 351 g/mol. The van der Waals surface area contributed by atoms with Gasteiger partial charge in [-0.1, -0.05) is 48.2 Å². The first-order chi connectivity index (χ1) is 12.6. The lowest BCUT2D eigenvalue weighted by atomic mass is 10.1. The Morgan fingerprint density at radius 3 is 2.77 bits per heavy atom. The molecule has 0 saturated carbocycles. The number of aromatic nitrogens is 3. The van der Waals surface area contributed by atoms with E-state index in [0.717, 1.165) is 11.3 Å². The largest absolute Gasteiger partial charge is 0.355 e. The third-order valence-electron chi connectivity index (χ3n) is 3.90. The minimum absolute atomic E-state index is 0.120. The first-order valence-corrected chi connectivity index (χ1v) is 9.22. The van der Waals surface area contributed by atoms with Gasteiger partial charge in [0.25, 0.3) is 0 Å². The molecule has 0 spiro atoms. The molecule has 1 N–H and O–H groups in total. The van der Waals surface area contributed by atoms with E-state index in [-0.39, 0.29) is 17.5 Å². The maximum absolute atomic E-state index is 13.6. The van der Waals surface area contributed by atoms with Crippen LogP contribution in [0.15, 0.2) is 60.0 Å². The molecule has 0 fully saturated rings. The van der Waals surface area contributed by atoms with Gasteiger partial charge in [0.05, 0.1) is 11.4 Å². The molecule has 1 heterocycles. The van der Waals surface area contributed by atoms with Gasteiger partial charge in [0, 0.05) is 6.54 Å². The minimum atomic E-state index is -0.248. The molecule has 0 aliphatic rings. The van der Waals surface area contributed by atoms with Gasteiger partial charge >= 0.3 is 0 Å². The van der Waals surface area contributed by atoms with E-state index in [1.165, 1.54) is 17.8 Å². The number of carbonyl (C=O) groups is 1. The second-order valence-electron chi connectivity index (χ2n) is 5.75.